The van der Waals surface area contributed by atoms with Gasteiger partial charge in [-0.3, -0.25) is 4.79 Å². The molecule has 2 aromatic rings. The topological polar surface area (TPSA) is 59.9 Å². The van der Waals surface area contributed by atoms with Crippen LogP contribution in [0.25, 0.3) is 0 Å². The van der Waals surface area contributed by atoms with Crippen LogP contribution in [0.4, 0.5) is 4.39 Å². The van der Waals surface area contributed by atoms with Gasteiger partial charge in [0.2, 0.25) is 0 Å². The third-order valence-corrected chi connectivity index (χ3v) is 2.94. The van der Waals surface area contributed by atoms with Crippen molar-refractivity contribution in [1.29, 1.82) is 0 Å². The number of ether oxygens (including phenoxy) is 2. The van der Waals surface area contributed by atoms with Crippen LogP contribution < -0.4 is 14.9 Å². The first-order chi connectivity index (χ1) is 11.1. The molecule has 2 aromatic carbocycles. The Balaban J connectivity index is 1.83. The Morgan fingerprint density at radius 2 is 2.13 bits per heavy atom. The summed E-state index contributed by atoms with van der Waals surface area (Å²) in [4.78, 5) is 11.6. The number of methoxy groups -OCH3 is 1. The molecule has 0 spiro atoms. The average Bonchev–Trinajstić information content (AvgIpc) is 2.53. The van der Waals surface area contributed by atoms with Crippen molar-refractivity contribution in [3.8, 4) is 11.5 Å². The smallest absolute Gasteiger partial charge is 0.277 e. The SMILES string of the molecule is COc1ccc(/C=N\NC(=O)COc2cccc(C)c2)cc1F. The number of amides is 1. The van der Waals surface area contributed by atoms with Gasteiger partial charge in [-0.2, -0.15) is 5.10 Å². The first kappa shape index (κ1) is 16.5. The van der Waals surface area contributed by atoms with Gasteiger partial charge < -0.3 is 9.47 Å². The maximum atomic E-state index is 13.5. The standard InChI is InChI=1S/C17H17FN2O3/c1-12-4-3-5-14(8-12)23-11-17(21)20-19-10-13-6-7-16(22-2)15(18)9-13/h3-10H,11H2,1-2H3,(H,20,21)/b19-10-. The summed E-state index contributed by atoms with van der Waals surface area (Å²) in [6.07, 6.45) is 1.34. The zero-order valence-electron chi connectivity index (χ0n) is 12.9. The van der Waals surface area contributed by atoms with E-state index < -0.39 is 11.7 Å². The molecule has 0 saturated carbocycles. The minimum absolute atomic E-state index is 0.151. The highest BCUT2D eigenvalue weighted by Crippen LogP contribution is 2.16. The van der Waals surface area contributed by atoms with E-state index in [2.05, 4.69) is 10.5 Å². The number of aryl methyl sites for hydroxylation is 1. The van der Waals surface area contributed by atoms with Gasteiger partial charge in [-0.15, -0.1) is 0 Å². The molecule has 0 aliphatic carbocycles. The van der Waals surface area contributed by atoms with Gasteiger partial charge in [0.25, 0.3) is 5.91 Å². The van der Waals surface area contributed by atoms with Gasteiger partial charge in [0.15, 0.2) is 18.2 Å². The summed E-state index contributed by atoms with van der Waals surface area (Å²) in [6.45, 7) is 1.78. The molecular weight excluding hydrogens is 299 g/mol. The summed E-state index contributed by atoms with van der Waals surface area (Å²) in [5, 5.41) is 3.76. The van der Waals surface area contributed by atoms with Crippen molar-refractivity contribution in [3.63, 3.8) is 0 Å². The number of carbonyl (C=O) groups excluding carboxylic acids is 1. The zero-order chi connectivity index (χ0) is 16.7. The third kappa shape index (κ3) is 5.10. The number of hydrogen-bond donors (Lipinski definition) is 1. The molecule has 0 unspecified atom stereocenters. The molecule has 5 nitrogen and oxygen atoms in total. The highest BCUT2D eigenvalue weighted by Gasteiger charge is 2.03. The second-order valence-corrected chi connectivity index (χ2v) is 4.79. The summed E-state index contributed by atoms with van der Waals surface area (Å²) < 4.78 is 23.6. The molecule has 0 fully saturated rings. The molecule has 0 aromatic heterocycles. The molecule has 0 radical (unpaired) electrons. The predicted molar refractivity (Wildman–Crippen MR) is 85.4 cm³/mol. The molecule has 1 amide bonds. The summed E-state index contributed by atoms with van der Waals surface area (Å²) in [6, 6.07) is 11.8. The molecule has 0 bridgehead atoms. The minimum atomic E-state index is -0.495. The van der Waals surface area contributed by atoms with Crippen LogP contribution in [0.3, 0.4) is 0 Å². The summed E-state index contributed by atoms with van der Waals surface area (Å²) >= 11 is 0. The number of benzene rings is 2. The Labute approximate surface area is 133 Å². The van der Waals surface area contributed by atoms with E-state index in [1.165, 1.54) is 25.5 Å². The summed E-state index contributed by atoms with van der Waals surface area (Å²) in [7, 11) is 1.39. The molecule has 6 heteroatoms. The van der Waals surface area contributed by atoms with E-state index in [-0.39, 0.29) is 12.4 Å². The maximum Gasteiger partial charge on any atom is 0.277 e. The van der Waals surface area contributed by atoms with Crippen molar-refractivity contribution in [2.45, 2.75) is 6.92 Å². The fourth-order valence-electron chi connectivity index (χ4n) is 1.83. The van der Waals surface area contributed by atoms with E-state index >= 15 is 0 Å². The number of hydrogen-bond acceptors (Lipinski definition) is 4. The van der Waals surface area contributed by atoms with Crippen molar-refractivity contribution >= 4 is 12.1 Å². The second kappa shape index (κ2) is 7.93. The van der Waals surface area contributed by atoms with Crippen molar-refractivity contribution in [2.24, 2.45) is 5.10 Å². The molecule has 0 aliphatic rings. The number of nitrogens with zero attached hydrogens (tertiary/aromatic N) is 1. The molecular formula is C17H17FN2O3. The highest BCUT2D eigenvalue weighted by atomic mass is 19.1. The van der Waals surface area contributed by atoms with Gasteiger partial charge in [0, 0.05) is 0 Å². The Kier molecular flexibility index (Phi) is 5.68. The lowest BCUT2D eigenvalue weighted by molar-refractivity contribution is -0.123. The van der Waals surface area contributed by atoms with Crippen LogP contribution in [0.5, 0.6) is 11.5 Å². The van der Waals surface area contributed by atoms with E-state index in [9.17, 15) is 9.18 Å². The van der Waals surface area contributed by atoms with Crippen LogP contribution in [-0.4, -0.2) is 25.8 Å². The number of halogens is 1. The quantitative estimate of drug-likeness (QED) is 0.658. The number of carbonyl (C=O) groups is 1. The van der Waals surface area contributed by atoms with Crippen molar-refractivity contribution < 1.29 is 18.7 Å². The molecule has 1 N–H and O–H groups in total. The van der Waals surface area contributed by atoms with E-state index in [0.717, 1.165) is 5.56 Å². The highest BCUT2D eigenvalue weighted by molar-refractivity contribution is 5.83. The van der Waals surface area contributed by atoms with Crippen LogP contribution in [0, 0.1) is 12.7 Å². The molecule has 120 valence electrons. The Morgan fingerprint density at radius 1 is 1.30 bits per heavy atom. The fourth-order valence-corrected chi connectivity index (χ4v) is 1.83. The van der Waals surface area contributed by atoms with Crippen molar-refractivity contribution in [3.05, 3.63) is 59.4 Å². The first-order valence-electron chi connectivity index (χ1n) is 6.93. The Hall–Kier alpha value is -2.89. The molecule has 23 heavy (non-hydrogen) atoms. The molecule has 0 atom stereocenters. The average molecular weight is 316 g/mol. The van der Waals surface area contributed by atoms with E-state index in [4.69, 9.17) is 9.47 Å². The third-order valence-electron chi connectivity index (χ3n) is 2.94. The van der Waals surface area contributed by atoms with Crippen LogP contribution in [0.2, 0.25) is 0 Å². The summed E-state index contributed by atoms with van der Waals surface area (Å²) in [5.74, 6) is -0.138. The molecule has 0 saturated heterocycles. The maximum absolute atomic E-state index is 13.5. The Bertz CT molecular complexity index is 717. The van der Waals surface area contributed by atoms with Gasteiger partial charge in [0.05, 0.1) is 13.3 Å². The number of hydrazone groups is 1. The lowest BCUT2D eigenvalue weighted by Gasteiger charge is -2.05. The minimum Gasteiger partial charge on any atom is -0.494 e. The number of nitrogens with one attached hydrogen (secondary N) is 1. The fraction of sp³-hybridized carbons (Fsp3) is 0.176. The van der Waals surface area contributed by atoms with Gasteiger partial charge in [-0.1, -0.05) is 12.1 Å². The van der Waals surface area contributed by atoms with Crippen LogP contribution in [-0.2, 0) is 4.79 Å². The van der Waals surface area contributed by atoms with Gasteiger partial charge in [0.1, 0.15) is 5.75 Å². The van der Waals surface area contributed by atoms with E-state index in [0.29, 0.717) is 11.3 Å². The first-order valence-corrected chi connectivity index (χ1v) is 6.93. The van der Waals surface area contributed by atoms with Crippen LogP contribution in [0.15, 0.2) is 47.6 Å². The normalized spacial score (nSPS) is 10.6. The number of rotatable bonds is 6. The second-order valence-electron chi connectivity index (χ2n) is 4.79. The lowest BCUT2D eigenvalue weighted by atomic mass is 10.2. The molecule has 0 heterocycles. The molecule has 0 aliphatic heterocycles. The zero-order valence-corrected chi connectivity index (χ0v) is 12.9. The predicted octanol–water partition coefficient (Wildman–Crippen LogP) is 2.67. The van der Waals surface area contributed by atoms with Gasteiger partial charge in [-0.05, 0) is 48.4 Å². The van der Waals surface area contributed by atoms with Crippen LogP contribution in [0.1, 0.15) is 11.1 Å². The van der Waals surface area contributed by atoms with Crippen molar-refractivity contribution in [2.75, 3.05) is 13.7 Å². The van der Waals surface area contributed by atoms with E-state index in [1.807, 2.05) is 25.1 Å². The van der Waals surface area contributed by atoms with Crippen molar-refractivity contribution in [1.82, 2.24) is 5.43 Å². The van der Waals surface area contributed by atoms with Gasteiger partial charge in [-0.25, -0.2) is 9.82 Å². The van der Waals surface area contributed by atoms with Gasteiger partial charge >= 0.3 is 0 Å². The Morgan fingerprint density at radius 3 is 2.83 bits per heavy atom. The largest absolute Gasteiger partial charge is 0.494 e. The molecule has 2 rings (SSSR count). The summed E-state index contributed by atoms with van der Waals surface area (Å²) in [5.41, 5.74) is 3.86. The van der Waals surface area contributed by atoms with Crippen LogP contribution >= 0.6 is 0 Å². The van der Waals surface area contributed by atoms with E-state index in [1.54, 1.807) is 12.1 Å². The monoisotopic (exact) mass is 316 g/mol. The lowest BCUT2D eigenvalue weighted by Crippen LogP contribution is -2.24.